The second-order valence-electron chi connectivity index (χ2n) is 5.01. The lowest BCUT2D eigenvalue weighted by molar-refractivity contribution is 0.415. The summed E-state index contributed by atoms with van der Waals surface area (Å²) in [6, 6.07) is 10.3. The van der Waals surface area contributed by atoms with Crippen LogP contribution in [0.5, 0.6) is 0 Å². The van der Waals surface area contributed by atoms with Crippen molar-refractivity contribution in [1.29, 1.82) is 5.26 Å². The van der Waals surface area contributed by atoms with Crippen molar-refractivity contribution < 1.29 is 0 Å². The van der Waals surface area contributed by atoms with Crippen molar-refractivity contribution in [2.45, 2.75) is 32.2 Å². The molecule has 1 aromatic carbocycles. The van der Waals surface area contributed by atoms with Crippen molar-refractivity contribution in [2.75, 3.05) is 6.54 Å². The third-order valence-electron chi connectivity index (χ3n) is 3.63. The van der Waals surface area contributed by atoms with Gasteiger partial charge < -0.3 is 5.32 Å². The standard InChI is InChI=1S/C16H20N2/c1-13(16-9-7-14(11-17)8-10-16)18-12-15-5-3-2-4-6-15/h2-3,7-10,13,15,18H,4-6,12H2,1H3. The van der Waals surface area contributed by atoms with Crippen LogP contribution in [0.4, 0.5) is 0 Å². The third-order valence-corrected chi connectivity index (χ3v) is 3.63. The molecule has 1 aliphatic carbocycles. The molecule has 2 rings (SSSR count). The molecule has 0 fully saturated rings. The Morgan fingerprint density at radius 1 is 1.33 bits per heavy atom. The Kier molecular flexibility index (Phi) is 4.55. The maximum atomic E-state index is 8.77. The highest BCUT2D eigenvalue weighted by atomic mass is 14.9. The lowest BCUT2D eigenvalue weighted by Gasteiger charge is -2.21. The van der Waals surface area contributed by atoms with Crippen LogP contribution < -0.4 is 5.32 Å². The summed E-state index contributed by atoms with van der Waals surface area (Å²) in [5.41, 5.74) is 1.98. The molecule has 2 unspecified atom stereocenters. The molecular formula is C16H20N2. The number of benzene rings is 1. The second kappa shape index (κ2) is 6.37. The van der Waals surface area contributed by atoms with Gasteiger partial charge >= 0.3 is 0 Å². The molecule has 0 bridgehead atoms. The fraction of sp³-hybridized carbons (Fsp3) is 0.438. The molecule has 1 aromatic rings. The third kappa shape index (κ3) is 3.45. The molecule has 0 aliphatic heterocycles. The smallest absolute Gasteiger partial charge is 0.0991 e. The molecule has 0 heterocycles. The predicted molar refractivity (Wildman–Crippen MR) is 74.1 cm³/mol. The summed E-state index contributed by atoms with van der Waals surface area (Å²) in [5, 5.41) is 12.4. The highest BCUT2D eigenvalue weighted by molar-refractivity contribution is 5.32. The van der Waals surface area contributed by atoms with E-state index in [0.29, 0.717) is 6.04 Å². The first-order valence-corrected chi connectivity index (χ1v) is 6.68. The van der Waals surface area contributed by atoms with E-state index in [9.17, 15) is 0 Å². The summed E-state index contributed by atoms with van der Waals surface area (Å²) in [6.45, 7) is 3.26. The zero-order valence-corrected chi connectivity index (χ0v) is 10.9. The summed E-state index contributed by atoms with van der Waals surface area (Å²) in [6.07, 6.45) is 8.29. The number of hydrogen-bond acceptors (Lipinski definition) is 2. The van der Waals surface area contributed by atoms with E-state index in [0.717, 1.165) is 18.0 Å². The molecule has 2 atom stereocenters. The van der Waals surface area contributed by atoms with Crippen LogP contribution in [-0.2, 0) is 0 Å². The summed E-state index contributed by atoms with van der Waals surface area (Å²) in [5.74, 6) is 0.774. The quantitative estimate of drug-likeness (QED) is 0.817. The van der Waals surface area contributed by atoms with Crippen LogP contribution in [0.25, 0.3) is 0 Å². The first-order chi connectivity index (χ1) is 8.79. The zero-order valence-electron chi connectivity index (χ0n) is 10.9. The van der Waals surface area contributed by atoms with Crippen LogP contribution in [0.2, 0.25) is 0 Å². The SMILES string of the molecule is CC(NCC1CC=CCC1)c1ccc(C#N)cc1. The average Bonchev–Trinajstić information content (AvgIpc) is 2.46. The Hall–Kier alpha value is -1.59. The van der Waals surface area contributed by atoms with E-state index in [1.807, 2.05) is 24.3 Å². The predicted octanol–water partition coefficient (Wildman–Crippen LogP) is 3.57. The van der Waals surface area contributed by atoms with E-state index in [2.05, 4.69) is 30.5 Å². The molecule has 0 spiro atoms. The Balaban J connectivity index is 1.85. The van der Waals surface area contributed by atoms with Gasteiger partial charge in [0.15, 0.2) is 0 Å². The lowest BCUT2D eigenvalue weighted by Crippen LogP contribution is -2.26. The van der Waals surface area contributed by atoms with Crippen LogP contribution in [0.3, 0.4) is 0 Å². The Bertz CT molecular complexity index is 439. The minimum absolute atomic E-state index is 0.351. The highest BCUT2D eigenvalue weighted by Gasteiger charge is 2.11. The molecule has 94 valence electrons. The first-order valence-electron chi connectivity index (χ1n) is 6.68. The van der Waals surface area contributed by atoms with Crippen LogP contribution in [0.1, 0.15) is 43.4 Å². The normalized spacial score (nSPS) is 20.3. The van der Waals surface area contributed by atoms with Gasteiger partial charge in [-0.1, -0.05) is 24.3 Å². The zero-order chi connectivity index (χ0) is 12.8. The average molecular weight is 240 g/mol. The Morgan fingerprint density at radius 3 is 2.72 bits per heavy atom. The van der Waals surface area contributed by atoms with E-state index in [4.69, 9.17) is 5.26 Å². The maximum absolute atomic E-state index is 8.77. The lowest BCUT2D eigenvalue weighted by atomic mass is 9.94. The van der Waals surface area contributed by atoms with Crippen molar-refractivity contribution in [3.05, 3.63) is 47.5 Å². The summed E-state index contributed by atoms with van der Waals surface area (Å²) in [7, 11) is 0. The van der Waals surface area contributed by atoms with Crippen molar-refractivity contribution >= 4 is 0 Å². The molecule has 0 saturated carbocycles. The minimum atomic E-state index is 0.351. The van der Waals surface area contributed by atoms with Crippen LogP contribution in [0.15, 0.2) is 36.4 Å². The molecule has 0 aromatic heterocycles. The Morgan fingerprint density at radius 2 is 2.11 bits per heavy atom. The maximum Gasteiger partial charge on any atom is 0.0991 e. The van der Waals surface area contributed by atoms with Crippen molar-refractivity contribution in [3.63, 3.8) is 0 Å². The number of nitrogens with one attached hydrogen (secondary N) is 1. The molecule has 1 N–H and O–H groups in total. The van der Waals surface area contributed by atoms with Crippen LogP contribution in [0, 0.1) is 17.2 Å². The van der Waals surface area contributed by atoms with E-state index >= 15 is 0 Å². The topological polar surface area (TPSA) is 35.8 Å². The van der Waals surface area contributed by atoms with Crippen molar-refractivity contribution in [1.82, 2.24) is 5.32 Å². The Labute approximate surface area is 109 Å². The van der Waals surface area contributed by atoms with Gasteiger partial charge in [-0.05, 0) is 56.3 Å². The van der Waals surface area contributed by atoms with Gasteiger partial charge in [0.2, 0.25) is 0 Å². The second-order valence-corrected chi connectivity index (χ2v) is 5.01. The molecule has 2 nitrogen and oxygen atoms in total. The number of rotatable bonds is 4. The van der Waals surface area contributed by atoms with Gasteiger partial charge in [0.05, 0.1) is 11.6 Å². The number of nitrogens with zero attached hydrogens (tertiary/aromatic N) is 1. The van der Waals surface area contributed by atoms with Crippen LogP contribution >= 0.6 is 0 Å². The summed E-state index contributed by atoms with van der Waals surface area (Å²) in [4.78, 5) is 0. The first kappa shape index (κ1) is 12.9. The molecule has 18 heavy (non-hydrogen) atoms. The van der Waals surface area contributed by atoms with Gasteiger partial charge in [0.25, 0.3) is 0 Å². The van der Waals surface area contributed by atoms with Crippen molar-refractivity contribution in [2.24, 2.45) is 5.92 Å². The highest BCUT2D eigenvalue weighted by Crippen LogP contribution is 2.19. The van der Waals surface area contributed by atoms with Gasteiger partial charge in [-0.3, -0.25) is 0 Å². The van der Waals surface area contributed by atoms with Crippen LogP contribution in [-0.4, -0.2) is 6.54 Å². The molecule has 0 amide bonds. The van der Waals surface area contributed by atoms with E-state index in [-0.39, 0.29) is 0 Å². The molecule has 0 saturated heterocycles. The molecule has 0 radical (unpaired) electrons. The van der Waals surface area contributed by atoms with Gasteiger partial charge in [-0.15, -0.1) is 0 Å². The number of hydrogen-bond donors (Lipinski definition) is 1. The monoisotopic (exact) mass is 240 g/mol. The van der Waals surface area contributed by atoms with Gasteiger partial charge in [0.1, 0.15) is 0 Å². The van der Waals surface area contributed by atoms with Gasteiger partial charge in [-0.2, -0.15) is 5.26 Å². The largest absolute Gasteiger partial charge is 0.310 e. The number of nitriles is 1. The number of allylic oxidation sites excluding steroid dienone is 2. The minimum Gasteiger partial charge on any atom is -0.310 e. The van der Waals surface area contributed by atoms with Gasteiger partial charge in [0, 0.05) is 6.04 Å². The van der Waals surface area contributed by atoms with Crippen molar-refractivity contribution in [3.8, 4) is 6.07 Å². The van der Waals surface area contributed by atoms with E-state index in [1.165, 1.54) is 24.8 Å². The fourth-order valence-corrected chi connectivity index (χ4v) is 2.35. The summed E-state index contributed by atoms with van der Waals surface area (Å²) >= 11 is 0. The van der Waals surface area contributed by atoms with E-state index in [1.54, 1.807) is 0 Å². The molecular weight excluding hydrogens is 220 g/mol. The molecule has 1 aliphatic rings. The van der Waals surface area contributed by atoms with E-state index < -0.39 is 0 Å². The van der Waals surface area contributed by atoms with Gasteiger partial charge in [-0.25, -0.2) is 0 Å². The summed E-state index contributed by atoms with van der Waals surface area (Å²) < 4.78 is 0. The molecule has 2 heteroatoms. The fourth-order valence-electron chi connectivity index (χ4n) is 2.35.